The molecule has 0 saturated carbocycles. The third kappa shape index (κ3) is 4.37. The maximum absolute atomic E-state index is 13.6. The maximum Gasteiger partial charge on any atom is 0.382 e. The molecule has 0 aromatic heterocycles. The van der Waals surface area contributed by atoms with Crippen molar-refractivity contribution in [3.63, 3.8) is 0 Å². The number of quaternary nitrogens is 1. The molecule has 154 valence electrons. The van der Waals surface area contributed by atoms with Crippen LogP contribution in [0.4, 0.5) is 0 Å². The van der Waals surface area contributed by atoms with Crippen molar-refractivity contribution < 1.29 is 18.9 Å². The van der Waals surface area contributed by atoms with E-state index in [4.69, 9.17) is 11.6 Å². The van der Waals surface area contributed by atoms with Crippen molar-refractivity contribution in [2.24, 2.45) is 5.41 Å². The third-order valence-corrected chi connectivity index (χ3v) is 6.74. The first kappa shape index (κ1) is 23.1. The first-order valence-corrected chi connectivity index (χ1v) is 10.9. The van der Waals surface area contributed by atoms with Gasteiger partial charge in [-0.3, -0.25) is 9.59 Å². The molecule has 3 atom stereocenters. The predicted molar refractivity (Wildman–Crippen MR) is 116 cm³/mol. The van der Waals surface area contributed by atoms with E-state index in [1.165, 1.54) is 0 Å². The number of piperidine rings is 1. The Morgan fingerprint density at radius 3 is 2.46 bits per heavy atom. The van der Waals surface area contributed by atoms with Crippen LogP contribution < -0.4 is 0 Å². The Morgan fingerprint density at radius 1 is 1.25 bits per heavy atom. The van der Waals surface area contributed by atoms with Gasteiger partial charge in [-0.2, -0.15) is 0 Å². The Hall–Kier alpha value is -1.17. The minimum absolute atomic E-state index is 0.127. The van der Waals surface area contributed by atoms with Gasteiger partial charge in [-0.15, -0.1) is 0 Å². The zero-order chi connectivity index (χ0) is 21.1. The van der Waals surface area contributed by atoms with Crippen molar-refractivity contribution in [1.82, 2.24) is 0 Å². The number of carbonyl (C=O) groups is 3. The summed E-state index contributed by atoms with van der Waals surface area (Å²) >= 11 is 10.4. The number of ketones is 1. The molecule has 1 amide bonds. The molecule has 2 rings (SSSR count). The number of amides is 1. The second-order valence-electron chi connectivity index (χ2n) is 8.44. The number of carbonyl (C=O) groups excluding carboxylic acids is 3. The third-order valence-electron chi connectivity index (χ3n) is 6.24. The van der Waals surface area contributed by atoms with Crippen LogP contribution in [0, 0.1) is 5.41 Å². The molecular formula is C22H31ClNO3S+. The molecule has 0 aliphatic carbocycles. The summed E-state index contributed by atoms with van der Waals surface area (Å²) in [6.45, 7) is 8.43. The number of rotatable bonds is 7. The van der Waals surface area contributed by atoms with E-state index in [-0.39, 0.29) is 15.5 Å². The van der Waals surface area contributed by atoms with Gasteiger partial charge in [0.2, 0.25) is 5.12 Å². The highest BCUT2D eigenvalue weighted by Crippen LogP contribution is 2.41. The fourth-order valence-electron chi connectivity index (χ4n) is 4.34. The second-order valence-corrected chi connectivity index (χ2v) is 9.32. The highest BCUT2D eigenvalue weighted by Gasteiger charge is 2.56. The van der Waals surface area contributed by atoms with Gasteiger partial charge in [0.25, 0.3) is 5.78 Å². The van der Waals surface area contributed by atoms with Crippen LogP contribution in [0.1, 0.15) is 64.9 Å². The minimum Gasteiger partial charge on any atom is -0.283 e. The molecule has 6 heteroatoms. The van der Waals surface area contributed by atoms with Crippen molar-refractivity contribution in [3.05, 3.63) is 34.9 Å². The molecule has 1 heterocycles. The van der Waals surface area contributed by atoms with Gasteiger partial charge < -0.3 is 0 Å². The molecule has 0 radical (unpaired) electrons. The van der Waals surface area contributed by atoms with E-state index in [0.29, 0.717) is 31.0 Å². The van der Waals surface area contributed by atoms with Gasteiger partial charge in [0.15, 0.2) is 6.04 Å². The number of thiol groups is 1. The number of hydrogen-bond donors (Lipinski definition) is 1. The Balaban J connectivity index is 2.58. The SMILES string of the molecule is CCC[N+]1(C(=O)C(=O)C(C)(C)CC)CCCC(c2cccc(Cl)c2)C1C(=O)S. The molecule has 1 saturated heterocycles. The molecule has 1 aliphatic rings. The van der Waals surface area contributed by atoms with Crippen LogP contribution in [0.15, 0.2) is 24.3 Å². The van der Waals surface area contributed by atoms with Gasteiger partial charge in [0, 0.05) is 16.4 Å². The largest absolute Gasteiger partial charge is 0.382 e. The molecule has 0 N–H and O–H groups in total. The fourth-order valence-corrected chi connectivity index (χ4v) is 4.94. The quantitative estimate of drug-likeness (QED) is 0.388. The summed E-state index contributed by atoms with van der Waals surface area (Å²) in [5.74, 6) is -1.03. The first-order valence-electron chi connectivity index (χ1n) is 10.0. The average molecular weight is 425 g/mol. The first-order chi connectivity index (χ1) is 13.1. The Morgan fingerprint density at radius 2 is 1.93 bits per heavy atom. The number of Topliss-reactive ketones (excluding diaryl/α,β-unsaturated/α-hetero) is 1. The van der Waals surface area contributed by atoms with Crippen LogP contribution in [0.25, 0.3) is 0 Å². The summed E-state index contributed by atoms with van der Waals surface area (Å²) in [4.78, 5) is 39.5. The molecule has 1 aromatic rings. The van der Waals surface area contributed by atoms with Crippen LogP contribution >= 0.6 is 24.2 Å². The van der Waals surface area contributed by atoms with Gasteiger partial charge in [0.05, 0.1) is 13.1 Å². The summed E-state index contributed by atoms with van der Waals surface area (Å²) in [6, 6.07) is 6.75. The van der Waals surface area contributed by atoms with E-state index in [2.05, 4.69) is 12.6 Å². The molecule has 1 aliphatic heterocycles. The highest BCUT2D eigenvalue weighted by molar-refractivity contribution is 7.96. The predicted octanol–water partition coefficient (Wildman–Crippen LogP) is 4.80. The van der Waals surface area contributed by atoms with Gasteiger partial charge in [-0.05, 0) is 43.4 Å². The van der Waals surface area contributed by atoms with Crippen LogP contribution in [-0.2, 0) is 14.4 Å². The van der Waals surface area contributed by atoms with Crippen molar-refractivity contribution in [2.75, 3.05) is 13.1 Å². The lowest BCUT2D eigenvalue weighted by Crippen LogP contribution is -2.68. The zero-order valence-electron chi connectivity index (χ0n) is 17.2. The number of halogens is 1. The molecular weight excluding hydrogens is 394 g/mol. The lowest BCUT2D eigenvalue weighted by molar-refractivity contribution is -0.873. The van der Waals surface area contributed by atoms with Gasteiger partial charge >= 0.3 is 5.91 Å². The summed E-state index contributed by atoms with van der Waals surface area (Å²) in [7, 11) is 0. The molecule has 3 unspecified atom stereocenters. The summed E-state index contributed by atoms with van der Waals surface area (Å²) in [5.41, 5.74) is 0.178. The van der Waals surface area contributed by atoms with Crippen LogP contribution in [-0.4, -0.2) is 40.4 Å². The maximum atomic E-state index is 13.6. The number of hydrogen-bond acceptors (Lipinski definition) is 3. The van der Waals surface area contributed by atoms with E-state index >= 15 is 0 Å². The van der Waals surface area contributed by atoms with E-state index < -0.39 is 23.1 Å². The Labute approximate surface area is 178 Å². The van der Waals surface area contributed by atoms with Gasteiger partial charge in [0.1, 0.15) is 0 Å². The Kier molecular flexibility index (Phi) is 7.51. The van der Waals surface area contributed by atoms with E-state index in [1.54, 1.807) is 19.9 Å². The highest BCUT2D eigenvalue weighted by atomic mass is 35.5. The smallest absolute Gasteiger partial charge is 0.283 e. The summed E-state index contributed by atoms with van der Waals surface area (Å²) < 4.78 is -0.127. The summed E-state index contributed by atoms with van der Waals surface area (Å²) in [5, 5.41) is 0.255. The number of benzene rings is 1. The van der Waals surface area contributed by atoms with Crippen molar-refractivity contribution >= 4 is 41.0 Å². The molecule has 28 heavy (non-hydrogen) atoms. The summed E-state index contributed by atoms with van der Waals surface area (Å²) in [6.07, 6.45) is 2.80. The zero-order valence-corrected chi connectivity index (χ0v) is 18.9. The number of likely N-dealkylation sites (tertiary alicyclic amines) is 1. The molecule has 1 fully saturated rings. The molecule has 1 aromatic carbocycles. The topological polar surface area (TPSA) is 51.2 Å². The van der Waals surface area contributed by atoms with Gasteiger partial charge in [-0.1, -0.05) is 64.1 Å². The van der Waals surface area contributed by atoms with Crippen molar-refractivity contribution in [2.45, 2.75) is 65.3 Å². The molecule has 4 nitrogen and oxygen atoms in total. The number of nitrogens with zero attached hydrogens (tertiary/aromatic N) is 1. The fraction of sp³-hybridized carbons (Fsp3) is 0.591. The lowest BCUT2D eigenvalue weighted by atomic mass is 9.79. The van der Waals surface area contributed by atoms with E-state index in [0.717, 1.165) is 18.4 Å². The van der Waals surface area contributed by atoms with Crippen LogP contribution in [0.3, 0.4) is 0 Å². The van der Waals surface area contributed by atoms with Crippen LogP contribution in [0.2, 0.25) is 5.02 Å². The Bertz CT molecular complexity index is 760. The lowest BCUT2D eigenvalue weighted by Gasteiger charge is -2.47. The normalized spacial score (nSPS) is 25.4. The van der Waals surface area contributed by atoms with Crippen molar-refractivity contribution in [1.29, 1.82) is 0 Å². The standard InChI is InChI=1S/C22H30ClNO3S/c1-5-12-24(20(26)19(25)22(3,4)6-2)13-8-11-17(18(24)21(27)28)15-9-7-10-16(23)14-15/h7,9-10,14,17-18H,5-6,8,11-13H2,1-4H3/p+1. The van der Waals surface area contributed by atoms with E-state index in [1.807, 2.05) is 32.0 Å². The second kappa shape index (κ2) is 9.10. The molecule has 0 bridgehead atoms. The van der Waals surface area contributed by atoms with Gasteiger partial charge in [-0.25, -0.2) is 9.28 Å². The molecule has 0 spiro atoms. The van der Waals surface area contributed by atoms with Crippen LogP contribution in [0.5, 0.6) is 0 Å². The average Bonchev–Trinajstić information content (AvgIpc) is 2.66. The minimum atomic E-state index is -0.747. The van der Waals surface area contributed by atoms with E-state index in [9.17, 15) is 14.4 Å². The monoisotopic (exact) mass is 424 g/mol. The van der Waals surface area contributed by atoms with Crippen molar-refractivity contribution in [3.8, 4) is 0 Å².